The first-order valence-corrected chi connectivity index (χ1v) is 9.34. The summed E-state index contributed by atoms with van der Waals surface area (Å²) in [4.78, 5) is 29.9. The molecule has 1 aliphatic rings. The summed E-state index contributed by atoms with van der Waals surface area (Å²) in [5.74, 6) is 1.80. The predicted molar refractivity (Wildman–Crippen MR) is 108 cm³/mol. The van der Waals surface area contributed by atoms with Gasteiger partial charge in [-0.05, 0) is 30.3 Å². The summed E-state index contributed by atoms with van der Waals surface area (Å²) in [5.41, 5.74) is 1.56. The standard InChI is InChI=1S/C21H22N6O/c28-21(18-6-3-8-22-15-18)25-16-17-5-4-10-24-20(17)27-13-11-26(12-14-27)19-7-1-2-9-23-19/h1-10,15H,11-14,16H2,(H,25,28). The molecule has 0 radical (unpaired) electrons. The van der Waals surface area contributed by atoms with E-state index in [-0.39, 0.29) is 5.91 Å². The number of hydrogen-bond donors (Lipinski definition) is 1. The smallest absolute Gasteiger partial charge is 0.253 e. The number of hydrogen-bond acceptors (Lipinski definition) is 6. The SMILES string of the molecule is O=C(NCc1cccnc1N1CCN(c2ccccn2)CC1)c1cccnc1. The molecule has 3 aromatic heterocycles. The van der Waals surface area contributed by atoms with Crippen LogP contribution < -0.4 is 15.1 Å². The van der Waals surface area contributed by atoms with E-state index in [4.69, 9.17) is 0 Å². The Morgan fingerprint density at radius 1 is 0.893 bits per heavy atom. The van der Waals surface area contributed by atoms with Crippen LogP contribution in [0.5, 0.6) is 0 Å². The molecule has 7 heteroatoms. The lowest BCUT2D eigenvalue weighted by Gasteiger charge is -2.36. The minimum absolute atomic E-state index is 0.136. The van der Waals surface area contributed by atoms with Gasteiger partial charge in [-0.25, -0.2) is 9.97 Å². The predicted octanol–water partition coefficient (Wildman–Crippen LogP) is 2.13. The van der Waals surface area contributed by atoms with Gasteiger partial charge in [-0.3, -0.25) is 9.78 Å². The van der Waals surface area contributed by atoms with Crippen LogP contribution in [0.25, 0.3) is 0 Å². The summed E-state index contributed by atoms with van der Waals surface area (Å²) < 4.78 is 0. The highest BCUT2D eigenvalue weighted by molar-refractivity contribution is 5.93. The van der Waals surface area contributed by atoms with Crippen LogP contribution in [0.2, 0.25) is 0 Å². The third kappa shape index (κ3) is 4.09. The Kier molecular flexibility index (Phi) is 5.42. The van der Waals surface area contributed by atoms with E-state index in [0.717, 1.165) is 43.4 Å². The summed E-state index contributed by atoms with van der Waals surface area (Å²) >= 11 is 0. The molecule has 0 bridgehead atoms. The second-order valence-electron chi connectivity index (χ2n) is 6.57. The molecule has 4 rings (SSSR count). The number of nitrogens with one attached hydrogen (secondary N) is 1. The number of piperazine rings is 1. The molecule has 7 nitrogen and oxygen atoms in total. The molecule has 0 spiro atoms. The van der Waals surface area contributed by atoms with Crippen LogP contribution in [0.1, 0.15) is 15.9 Å². The van der Waals surface area contributed by atoms with Gasteiger partial charge in [0, 0.05) is 63.1 Å². The van der Waals surface area contributed by atoms with Gasteiger partial charge in [0.1, 0.15) is 11.6 Å². The Bertz CT molecular complexity index is 910. The number of amides is 1. The first-order valence-electron chi connectivity index (χ1n) is 9.34. The first-order chi connectivity index (χ1) is 13.8. The van der Waals surface area contributed by atoms with Crippen molar-refractivity contribution in [3.8, 4) is 0 Å². The van der Waals surface area contributed by atoms with Gasteiger partial charge >= 0.3 is 0 Å². The van der Waals surface area contributed by atoms with Crippen molar-refractivity contribution in [3.63, 3.8) is 0 Å². The van der Waals surface area contributed by atoms with Gasteiger partial charge < -0.3 is 15.1 Å². The average molecular weight is 374 g/mol. The lowest BCUT2D eigenvalue weighted by atomic mass is 10.2. The molecule has 1 fully saturated rings. The number of pyridine rings is 3. The van der Waals surface area contributed by atoms with E-state index in [0.29, 0.717) is 12.1 Å². The van der Waals surface area contributed by atoms with Crippen LogP contribution in [0.4, 0.5) is 11.6 Å². The number of anilines is 2. The van der Waals surface area contributed by atoms with Crippen LogP contribution in [0.3, 0.4) is 0 Å². The highest BCUT2D eigenvalue weighted by Gasteiger charge is 2.21. The molecule has 1 N–H and O–H groups in total. The summed E-state index contributed by atoms with van der Waals surface area (Å²) in [5, 5.41) is 2.96. The van der Waals surface area contributed by atoms with Crippen molar-refractivity contribution in [2.75, 3.05) is 36.0 Å². The highest BCUT2D eigenvalue weighted by Crippen LogP contribution is 2.21. The topological polar surface area (TPSA) is 74.2 Å². The van der Waals surface area contributed by atoms with Gasteiger partial charge in [-0.2, -0.15) is 0 Å². The third-order valence-corrected chi connectivity index (χ3v) is 4.78. The zero-order valence-corrected chi connectivity index (χ0v) is 15.5. The fourth-order valence-electron chi connectivity index (χ4n) is 3.32. The molecular weight excluding hydrogens is 352 g/mol. The van der Waals surface area contributed by atoms with Crippen LogP contribution in [-0.4, -0.2) is 47.0 Å². The summed E-state index contributed by atoms with van der Waals surface area (Å²) in [6.07, 6.45) is 6.84. The molecule has 1 saturated heterocycles. The second-order valence-corrected chi connectivity index (χ2v) is 6.57. The maximum absolute atomic E-state index is 12.3. The van der Waals surface area contributed by atoms with Crippen LogP contribution in [-0.2, 0) is 6.54 Å². The quantitative estimate of drug-likeness (QED) is 0.737. The lowest BCUT2D eigenvalue weighted by molar-refractivity contribution is 0.0950. The van der Waals surface area contributed by atoms with Crippen molar-refractivity contribution < 1.29 is 4.79 Å². The van der Waals surface area contributed by atoms with Gasteiger partial charge in [0.25, 0.3) is 5.91 Å². The van der Waals surface area contributed by atoms with E-state index in [1.54, 1.807) is 30.7 Å². The first kappa shape index (κ1) is 17.9. The molecule has 4 heterocycles. The molecule has 1 amide bonds. The van der Waals surface area contributed by atoms with E-state index >= 15 is 0 Å². The summed E-state index contributed by atoms with van der Waals surface area (Å²) in [7, 11) is 0. The van der Waals surface area contributed by atoms with Crippen molar-refractivity contribution in [2.24, 2.45) is 0 Å². The van der Waals surface area contributed by atoms with Crippen LogP contribution in [0, 0.1) is 0 Å². The molecular formula is C21H22N6O. The van der Waals surface area contributed by atoms with Gasteiger partial charge in [-0.1, -0.05) is 12.1 Å². The second kappa shape index (κ2) is 8.47. The number of rotatable bonds is 5. The molecule has 0 atom stereocenters. The Balaban J connectivity index is 1.40. The Morgan fingerprint density at radius 2 is 1.68 bits per heavy atom. The Labute approximate surface area is 164 Å². The minimum Gasteiger partial charge on any atom is -0.353 e. The third-order valence-electron chi connectivity index (χ3n) is 4.78. The number of carbonyl (C=O) groups excluding carboxylic acids is 1. The molecule has 0 aromatic carbocycles. The van der Waals surface area contributed by atoms with Crippen LogP contribution >= 0.6 is 0 Å². The minimum atomic E-state index is -0.136. The molecule has 28 heavy (non-hydrogen) atoms. The van der Waals surface area contributed by atoms with Gasteiger partial charge in [-0.15, -0.1) is 0 Å². The van der Waals surface area contributed by atoms with Gasteiger partial charge in [0.15, 0.2) is 0 Å². The molecule has 3 aromatic rings. The summed E-state index contributed by atoms with van der Waals surface area (Å²) in [6.45, 7) is 3.91. The van der Waals surface area contributed by atoms with E-state index in [1.165, 1.54) is 0 Å². The zero-order valence-electron chi connectivity index (χ0n) is 15.5. The Morgan fingerprint density at radius 3 is 2.43 bits per heavy atom. The lowest BCUT2D eigenvalue weighted by Crippen LogP contribution is -2.47. The van der Waals surface area contributed by atoms with Gasteiger partial charge in [0.05, 0.1) is 5.56 Å². The normalized spacial score (nSPS) is 14.0. The number of carbonyl (C=O) groups is 1. The fourth-order valence-corrected chi connectivity index (χ4v) is 3.32. The van der Waals surface area contributed by atoms with Crippen molar-refractivity contribution >= 4 is 17.5 Å². The van der Waals surface area contributed by atoms with E-state index in [9.17, 15) is 4.79 Å². The number of aromatic nitrogens is 3. The highest BCUT2D eigenvalue weighted by atomic mass is 16.1. The maximum atomic E-state index is 12.3. The number of nitrogens with zero attached hydrogens (tertiary/aromatic N) is 5. The maximum Gasteiger partial charge on any atom is 0.253 e. The zero-order chi connectivity index (χ0) is 19.2. The van der Waals surface area contributed by atoms with E-state index in [2.05, 4.69) is 30.1 Å². The van der Waals surface area contributed by atoms with Crippen LogP contribution in [0.15, 0.2) is 67.3 Å². The Hall–Kier alpha value is -3.48. The van der Waals surface area contributed by atoms with Crippen molar-refractivity contribution in [3.05, 3.63) is 78.4 Å². The summed E-state index contributed by atoms with van der Waals surface area (Å²) in [6, 6.07) is 13.4. The van der Waals surface area contributed by atoms with Gasteiger partial charge in [0.2, 0.25) is 0 Å². The monoisotopic (exact) mass is 374 g/mol. The van der Waals surface area contributed by atoms with Crippen molar-refractivity contribution in [2.45, 2.75) is 6.54 Å². The molecule has 0 saturated carbocycles. The average Bonchev–Trinajstić information content (AvgIpc) is 2.79. The van der Waals surface area contributed by atoms with E-state index in [1.807, 2.05) is 36.5 Å². The van der Waals surface area contributed by atoms with E-state index < -0.39 is 0 Å². The fraction of sp³-hybridized carbons (Fsp3) is 0.238. The largest absolute Gasteiger partial charge is 0.353 e. The molecule has 142 valence electrons. The molecule has 0 aliphatic carbocycles. The van der Waals surface area contributed by atoms with Crippen molar-refractivity contribution in [1.29, 1.82) is 0 Å². The molecule has 1 aliphatic heterocycles. The van der Waals surface area contributed by atoms with Crippen molar-refractivity contribution in [1.82, 2.24) is 20.3 Å². The molecule has 0 unspecified atom stereocenters.